The van der Waals surface area contributed by atoms with Crippen molar-refractivity contribution in [1.29, 1.82) is 0 Å². The van der Waals surface area contributed by atoms with Crippen molar-refractivity contribution < 1.29 is 9.21 Å². The van der Waals surface area contributed by atoms with Crippen molar-refractivity contribution in [3.8, 4) is 0 Å². The topological polar surface area (TPSA) is 82.2 Å². The molecule has 1 rings (SSSR count). The summed E-state index contributed by atoms with van der Waals surface area (Å²) < 4.78 is 4.85. The van der Waals surface area contributed by atoms with Crippen molar-refractivity contribution in [2.24, 2.45) is 17.4 Å². The van der Waals surface area contributed by atoms with E-state index in [1.807, 2.05) is 0 Å². The van der Waals surface area contributed by atoms with Crippen LogP contribution in [0.5, 0.6) is 0 Å². The summed E-state index contributed by atoms with van der Waals surface area (Å²) in [5.74, 6) is -0.652. The number of primary amides is 1. The predicted octanol–water partition coefficient (Wildman–Crippen LogP) is -0.118. The molecule has 4 nitrogen and oxygen atoms in total. The second-order valence-electron chi connectivity index (χ2n) is 2.67. The fraction of sp³-hybridized carbons (Fsp3) is 0.375. The van der Waals surface area contributed by atoms with E-state index >= 15 is 0 Å². The highest BCUT2D eigenvalue weighted by atomic mass is 16.3. The number of hydrogen-bond donors (Lipinski definition) is 2. The van der Waals surface area contributed by atoms with Crippen LogP contribution in [0.4, 0.5) is 0 Å². The normalized spacial score (nSPS) is 12.8. The molecule has 0 aliphatic rings. The van der Waals surface area contributed by atoms with Crippen LogP contribution in [-0.2, 0) is 11.2 Å². The summed E-state index contributed by atoms with van der Waals surface area (Å²) in [7, 11) is 0. The third kappa shape index (κ3) is 2.10. The van der Waals surface area contributed by atoms with Gasteiger partial charge in [-0.25, -0.2) is 0 Å². The zero-order valence-electron chi connectivity index (χ0n) is 6.69. The lowest BCUT2D eigenvalue weighted by atomic mass is 10.0. The Kier molecular flexibility index (Phi) is 2.88. The molecular weight excluding hydrogens is 156 g/mol. The molecule has 1 amide bonds. The van der Waals surface area contributed by atoms with Gasteiger partial charge in [0.05, 0.1) is 18.4 Å². The van der Waals surface area contributed by atoms with Crippen molar-refractivity contribution in [2.45, 2.75) is 6.42 Å². The van der Waals surface area contributed by atoms with Crippen LogP contribution in [0.15, 0.2) is 23.0 Å². The van der Waals surface area contributed by atoms with Crippen molar-refractivity contribution in [2.75, 3.05) is 6.54 Å². The molecule has 0 saturated carbocycles. The number of nitrogens with two attached hydrogens (primary N) is 2. The van der Waals surface area contributed by atoms with Crippen LogP contribution in [0, 0.1) is 5.92 Å². The number of carbonyl (C=O) groups excluding carboxylic acids is 1. The molecule has 0 aliphatic heterocycles. The van der Waals surface area contributed by atoms with Crippen LogP contribution in [0.25, 0.3) is 0 Å². The molecule has 0 aromatic carbocycles. The third-order valence-corrected chi connectivity index (χ3v) is 1.75. The van der Waals surface area contributed by atoms with Gasteiger partial charge in [-0.15, -0.1) is 0 Å². The molecule has 1 aromatic heterocycles. The van der Waals surface area contributed by atoms with Gasteiger partial charge in [0.2, 0.25) is 5.91 Å². The van der Waals surface area contributed by atoms with E-state index in [4.69, 9.17) is 15.9 Å². The SMILES string of the molecule is NCC(Cc1ccoc1)C(N)=O. The molecule has 0 fully saturated rings. The van der Waals surface area contributed by atoms with Gasteiger partial charge in [0, 0.05) is 6.54 Å². The summed E-state index contributed by atoms with van der Waals surface area (Å²) >= 11 is 0. The zero-order valence-corrected chi connectivity index (χ0v) is 6.69. The van der Waals surface area contributed by atoms with E-state index in [0.717, 1.165) is 5.56 Å². The molecule has 66 valence electrons. The van der Waals surface area contributed by atoms with Crippen LogP contribution in [-0.4, -0.2) is 12.5 Å². The summed E-state index contributed by atoms with van der Waals surface area (Å²) in [4.78, 5) is 10.8. The van der Waals surface area contributed by atoms with Gasteiger partial charge < -0.3 is 15.9 Å². The Hall–Kier alpha value is -1.29. The van der Waals surface area contributed by atoms with E-state index in [0.29, 0.717) is 6.42 Å². The Morgan fingerprint density at radius 1 is 1.67 bits per heavy atom. The molecule has 0 bridgehead atoms. The summed E-state index contributed by atoms with van der Waals surface area (Å²) in [6, 6.07) is 1.80. The van der Waals surface area contributed by atoms with Crippen LogP contribution < -0.4 is 11.5 Å². The maximum Gasteiger partial charge on any atom is 0.222 e. The van der Waals surface area contributed by atoms with E-state index < -0.39 is 0 Å². The Morgan fingerprint density at radius 2 is 2.42 bits per heavy atom. The number of amides is 1. The van der Waals surface area contributed by atoms with Gasteiger partial charge in [-0.2, -0.15) is 0 Å². The van der Waals surface area contributed by atoms with E-state index in [-0.39, 0.29) is 18.4 Å². The van der Waals surface area contributed by atoms with E-state index in [9.17, 15) is 4.79 Å². The van der Waals surface area contributed by atoms with Crippen LogP contribution >= 0.6 is 0 Å². The maximum absolute atomic E-state index is 10.8. The lowest BCUT2D eigenvalue weighted by Crippen LogP contribution is -2.31. The van der Waals surface area contributed by atoms with Gasteiger partial charge in [-0.1, -0.05) is 0 Å². The molecule has 0 saturated heterocycles. The maximum atomic E-state index is 10.8. The average Bonchev–Trinajstić information content (AvgIpc) is 2.51. The lowest BCUT2D eigenvalue weighted by Gasteiger charge is -2.07. The first-order valence-electron chi connectivity index (χ1n) is 3.74. The molecule has 1 aromatic rings. The number of carbonyl (C=O) groups is 1. The van der Waals surface area contributed by atoms with E-state index in [2.05, 4.69) is 0 Å². The van der Waals surface area contributed by atoms with E-state index in [1.54, 1.807) is 18.6 Å². The molecule has 0 radical (unpaired) electrons. The quantitative estimate of drug-likeness (QED) is 0.657. The molecule has 1 heterocycles. The number of rotatable bonds is 4. The fourth-order valence-electron chi connectivity index (χ4n) is 0.993. The minimum atomic E-state index is -0.362. The second kappa shape index (κ2) is 3.92. The first-order chi connectivity index (χ1) is 5.74. The Morgan fingerprint density at radius 3 is 2.83 bits per heavy atom. The number of hydrogen-bond acceptors (Lipinski definition) is 3. The molecule has 4 N–H and O–H groups in total. The minimum Gasteiger partial charge on any atom is -0.472 e. The zero-order chi connectivity index (χ0) is 8.97. The average molecular weight is 168 g/mol. The smallest absolute Gasteiger partial charge is 0.222 e. The Bertz CT molecular complexity index is 244. The van der Waals surface area contributed by atoms with Crippen molar-refractivity contribution >= 4 is 5.91 Å². The van der Waals surface area contributed by atoms with Crippen molar-refractivity contribution in [3.05, 3.63) is 24.2 Å². The van der Waals surface area contributed by atoms with Crippen LogP contribution in [0.3, 0.4) is 0 Å². The summed E-state index contributed by atoms with van der Waals surface area (Å²) in [6.07, 6.45) is 3.71. The highest BCUT2D eigenvalue weighted by Gasteiger charge is 2.13. The first kappa shape index (κ1) is 8.80. The van der Waals surface area contributed by atoms with Crippen molar-refractivity contribution in [1.82, 2.24) is 0 Å². The summed E-state index contributed by atoms with van der Waals surface area (Å²) in [6.45, 7) is 0.278. The standard InChI is InChI=1S/C8H12N2O2/c9-4-7(8(10)11)3-6-1-2-12-5-6/h1-2,5,7H,3-4,9H2,(H2,10,11). The fourth-order valence-corrected chi connectivity index (χ4v) is 0.993. The molecule has 0 spiro atoms. The second-order valence-corrected chi connectivity index (χ2v) is 2.67. The van der Waals surface area contributed by atoms with Gasteiger partial charge in [-0.05, 0) is 18.1 Å². The molecule has 0 aliphatic carbocycles. The van der Waals surface area contributed by atoms with E-state index in [1.165, 1.54) is 0 Å². The van der Waals surface area contributed by atoms with Crippen LogP contribution in [0.2, 0.25) is 0 Å². The largest absolute Gasteiger partial charge is 0.472 e. The summed E-state index contributed by atoms with van der Waals surface area (Å²) in [5.41, 5.74) is 11.4. The Labute approximate surface area is 70.5 Å². The molecule has 1 atom stereocenters. The highest BCUT2D eigenvalue weighted by Crippen LogP contribution is 2.07. The Balaban J connectivity index is 2.54. The van der Waals surface area contributed by atoms with Gasteiger partial charge in [-0.3, -0.25) is 4.79 Å². The molecule has 4 heteroatoms. The van der Waals surface area contributed by atoms with Gasteiger partial charge >= 0.3 is 0 Å². The van der Waals surface area contributed by atoms with Gasteiger partial charge in [0.1, 0.15) is 0 Å². The lowest BCUT2D eigenvalue weighted by molar-refractivity contribution is -0.121. The molecule has 1 unspecified atom stereocenters. The predicted molar refractivity (Wildman–Crippen MR) is 44.2 cm³/mol. The first-order valence-corrected chi connectivity index (χ1v) is 3.74. The van der Waals surface area contributed by atoms with Crippen LogP contribution in [0.1, 0.15) is 5.56 Å². The summed E-state index contributed by atoms with van der Waals surface area (Å²) in [5, 5.41) is 0. The monoisotopic (exact) mass is 168 g/mol. The van der Waals surface area contributed by atoms with Gasteiger partial charge in [0.15, 0.2) is 0 Å². The minimum absolute atomic E-state index is 0.278. The number of furan rings is 1. The highest BCUT2D eigenvalue weighted by molar-refractivity contribution is 5.77. The molecular formula is C8H12N2O2. The third-order valence-electron chi connectivity index (χ3n) is 1.75. The molecule has 12 heavy (non-hydrogen) atoms. The van der Waals surface area contributed by atoms with Crippen molar-refractivity contribution in [3.63, 3.8) is 0 Å². The van der Waals surface area contributed by atoms with Gasteiger partial charge in [0.25, 0.3) is 0 Å².